The lowest BCUT2D eigenvalue weighted by Crippen LogP contribution is -2.49. The molecule has 0 bridgehead atoms. The van der Waals surface area contributed by atoms with Gasteiger partial charge in [-0.1, -0.05) is 48.2 Å². The number of benzene rings is 1. The van der Waals surface area contributed by atoms with Crippen molar-refractivity contribution in [3.05, 3.63) is 40.1 Å². The summed E-state index contributed by atoms with van der Waals surface area (Å²) in [5, 5.41) is 2.48. The van der Waals surface area contributed by atoms with Gasteiger partial charge < -0.3 is 16.0 Å². The van der Waals surface area contributed by atoms with E-state index in [1.54, 1.807) is 0 Å². The molecule has 4 N–H and O–H groups in total. The first-order chi connectivity index (χ1) is 19.0. The maximum absolute atomic E-state index is 14.2. The number of likely N-dealkylation sites (tertiary alicyclic amines) is 1. The summed E-state index contributed by atoms with van der Waals surface area (Å²) in [6.45, 7) is 0.428. The Labute approximate surface area is 244 Å². The number of nitrogens with two attached hydrogens (primary N) is 1. The molecule has 4 atom stereocenters. The number of allylic oxidation sites excluding steroid dienone is 2. The van der Waals surface area contributed by atoms with Crippen LogP contribution in [-0.4, -0.2) is 54.9 Å². The van der Waals surface area contributed by atoms with Gasteiger partial charge in [0.05, 0.1) is 15.3 Å². The van der Waals surface area contributed by atoms with Crippen LogP contribution in [0.1, 0.15) is 64.2 Å². The Hall–Kier alpha value is -2.37. The van der Waals surface area contributed by atoms with E-state index in [-0.39, 0.29) is 27.8 Å². The molecule has 13 heteroatoms. The lowest BCUT2D eigenvalue weighted by Gasteiger charge is -2.28. The number of hydrogen-bond donors (Lipinski definition) is 3. The number of hydrogen-bond acceptors (Lipinski definition) is 6. The fourth-order valence-corrected chi connectivity index (χ4v) is 6.76. The Kier molecular flexibility index (Phi) is 10.00. The average molecular weight is 618 g/mol. The molecule has 220 valence electrons. The summed E-state index contributed by atoms with van der Waals surface area (Å²) in [5.41, 5.74) is 5.82. The van der Waals surface area contributed by atoms with Gasteiger partial charge in [0, 0.05) is 18.2 Å². The summed E-state index contributed by atoms with van der Waals surface area (Å²) in [6.07, 6.45) is 10.7. The van der Waals surface area contributed by atoms with Crippen LogP contribution in [0.5, 0.6) is 0 Å². The van der Waals surface area contributed by atoms with Crippen molar-refractivity contribution in [2.75, 3.05) is 11.9 Å². The molecule has 1 saturated heterocycles. The first kappa shape index (κ1) is 30.6. The highest BCUT2D eigenvalue weighted by Crippen LogP contribution is 2.40. The Morgan fingerprint density at radius 1 is 1.15 bits per heavy atom. The maximum Gasteiger partial charge on any atom is 0.245 e. The van der Waals surface area contributed by atoms with Crippen LogP contribution < -0.4 is 15.8 Å². The van der Waals surface area contributed by atoms with E-state index in [9.17, 15) is 27.2 Å². The minimum atomic E-state index is -3.51. The molecule has 0 radical (unpaired) electrons. The minimum absolute atomic E-state index is 0.0262. The van der Waals surface area contributed by atoms with Crippen LogP contribution >= 0.6 is 23.2 Å². The highest BCUT2D eigenvalue weighted by molar-refractivity contribution is 7.90. The number of halogens is 3. The summed E-state index contributed by atoms with van der Waals surface area (Å²) in [7, 11) is -3.51. The topological polar surface area (TPSA) is 139 Å². The van der Waals surface area contributed by atoms with Crippen LogP contribution in [0, 0.1) is 17.7 Å². The Balaban J connectivity index is 1.24. The molecule has 3 amide bonds. The number of carbonyl (C=O) groups excluding carboxylic acids is 3. The summed E-state index contributed by atoms with van der Waals surface area (Å²) in [4.78, 5) is 38.9. The third-order valence-corrected chi connectivity index (χ3v) is 10.2. The summed E-state index contributed by atoms with van der Waals surface area (Å²) >= 11 is 11.8. The predicted octanol–water partition coefficient (Wildman–Crippen LogP) is 4.14. The lowest BCUT2D eigenvalue weighted by atomic mass is 10.0. The zero-order valence-electron chi connectivity index (χ0n) is 22.1. The second-order valence-corrected chi connectivity index (χ2v) is 13.6. The van der Waals surface area contributed by atoms with Crippen molar-refractivity contribution < 1.29 is 27.2 Å². The van der Waals surface area contributed by atoms with Crippen LogP contribution in [-0.2, 0) is 24.4 Å². The summed E-state index contributed by atoms with van der Waals surface area (Å²) < 4.78 is 40.2. The number of unbranched alkanes of at least 4 members (excludes halogenated alkanes) is 3. The van der Waals surface area contributed by atoms with Gasteiger partial charge in [-0.15, -0.1) is 0 Å². The molecule has 3 aliphatic rings. The number of sulfonamides is 1. The molecule has 0 unspecified atom stereocenters. The largest absolute Gasteiger partial charge is 0.374 e. The van der Waals surface area contributed by atoms with Crippen LogP contribution in [0.4, 0.5) is 10.1 Å². The van der Waals surface area contributed by atoms with E-state index in [0.717, 1.165) is 19.3 Å². The number of primary amides is 1. The Morgan fingerprint density at radius 3 is 2.58 bits per heavy atom. The molecule has 40 heavy (non-hydrogen) atoms. The molecule has 0 spiro atoms. The molecule has 0 aromatic heterocycles. The van der Waals surface area contributed by atoms with Gasteiger partial charge in [0.15, 0.2) is 0 Å². The SMILES string of the molecule is NC(=O)[C@@H]1CCCN1C(=O)[C@H](CCCCC/C=C\[C@@H]1C[C@@H]1C(=O)NS(=O)(=O)C1CC1)Nc1cc(F)c(Cl)c(Cl)c1. The fourth-order valence-electron chi connectivity index (χ4n) is 5.09. The van der Waals surface area contributed by atoms with Gasteiger partial charge in [-0.05, 0) is 69.4 Å². The van der Waals surface area contributed by atoms with Crippen molar-refractivity contribution in [1.29, 1.82) is 0 Å². The maximum atomic E-state index is 14.2. The van der Waals surface area contributed by atoms with Gasteiger partial charge in [-0.25, -0.2) is 12.8 Å². The first-order valence-corrected chi connectivity index (χ1v) is 16.0. The van der Waals surface area contributed by atoms with Gasteiger partial charge >= 0.3 is 0 Å². The molecule has 4 rings (SSSR count). The van der Waals surface area contributed by atoms with Gasteiger partial charge in [-0.2, -0.15) is 0 Å². The molecule has 1 heterocycles. The van der Waals surface area contributed by atoms with Gasteiger partial charge in [0.25, 0.3) is 0 Å². The van der Waals surface area contributed by atoms with E-state index in [2.05, 4.69) is 10.0 Å². The van der Waals surface area contributed by atoms with Crippen molar-refractivity contribution in [2.24, 2.45) is 17.6 Å². The number of rotatable bonds is 14. The Bertz CT molecular complexity index is 1250. The lowest BCUT2D eigenvalue weighted by molar-refractivity contribution is -0.138. The first-order valence-electron chi connectivity index (χ1n) is 13.7. The Morgan fingerprint density at radius 2 is 1.90 bits per heavy atom. The van der Waals surface area contributed by atoms with E-state index in [1.807, 2.05) is 12.2 Å². The van der Waals surface area contributed by atoms with E-state index >= 15 is 0 Å². The second-order valence-electron chi connectivity index (χ2n) is 10.8. The number of amides is 3. The molecule has 9 nitrogen and oxygen atoms in total. The van der Waals surface area contributed by atoms with Crippen molar-refractivity contribution in [3.8, 4) is 0 Å². The summed E-state index contributed by atoms with van der Waals surface area (Å²) in [5.74, 6) is -2.16. The molecule has 1 aliphatic heterocycles. The quantitative estimate of drug-likeness (QED) is 0.163. The normalized spacial score (nSPS) is 23.3. The van der Waals surface area contributed by atoms with Crippen LogP contribution in [0.3, 0.4) is 0 Å². The number of nitrogens with one attached hydrogen (secondary N) is 2. The molecular weight excluding hydrogens is 582 g/mol. The summed E-state index contributed by atoms with van der Waals surface area (Å²) in [6, 6.07) is 1.28. The standard InChI is InChI=1S/C27H35Cl2FN4O5S/c28-20-14-17(15-21(30)24(20)29)32-22(27(37)34-12-6-9-23(34)25(31)35)8-5-3-1-2-4-7-16-13-19(16)26(36)33-40(38,39)18-10-11-18/h4,7,14-16,18-19,22-23,32H,1-3,5-6,8-13H2,(H2,31,35)(H,33,36)/b7-4-/t16-,19+,22+,23+/m1/s1. The van der Waals surface area contributed by atoms with Crippen molar-refractivity contribution in [2.45, 2.75) is 81.5 Å². The molecule has 1 aromatic carbocycles. The van der Waals surface area contributed by atoms with E-state index < -0.39 is 45.0 Å². The molecular formula is C27H35Cl2FN4O5S. The third kappa shape index (κ3) is 7.88. The zero-order valence-corrected chi connectivity index (χ0v) is 24.4. The zero-order chi connectivity index (χ0) is 29.0. The van der Waals surface area contributed by atoms with Crippen molar-refractivity contribution in [3.63, 3.8) is 0 Å². The number of carbonyl (C=O) groups is 3. The highest BCUT2D eigenvalue weighted by Gasteiger charge is 2.45. The van der Waals surface area contributed by atoms with Crippen LogP contribution in [0.2, 0.25) is 10.0 Å². The molecule has 3 fully saturated rings. The smallest absolute Gasteiger partial charge is 0.245 e. The number of anilines is 1. The van der Waals surface area contributed by atoms with Crippen molar-refractivity contribution in [1.82, 2.24) is 9.62 Å². The highest BCUT2D eigenvalue weighted by atomic mass is 35.5. The van der Waals surface area contributed by atoms with E-state index in [4.69, 9.17) is 28.9 Å². The molecule has 2 aliphatic carbocycles. The number of nitrogens with zero attached hydrogens (tertiary/aromatic N) is 1. The van der Waals surface area contributed by atoms with Crippen LogP contribution in [0.15, 0.2) is 24.3 Å². The van der Waals surface area contributed by atoms with Gasteiger partial charge in [-0.3, -0.25) is 19.1 Å². The molecule has 1 aromatic rings. The monoisotopic (exact) mass is 616 g/mol. The fraction of sp³-hybridized carbons (Fsp3) is 0.593. The van der Waals surface area contributed by atoms with E-state index in [1.165, 1.54) is 17.0 Å². The average Bonchev–Trinajstić information content (AvgIpc) is 3.82. The van der Waals surface area contributed by atoms with E-state index in [0.29, 0.717) is 57.2 Å². The molecule has 2 saturated carbocycles. The third-order valence-electron chi connectivity index (χ3n) is 7.62. The van der Waals surface area contributed by atoms with Gasteiger partial charge in [0.1, 0.15) is 17.9 Å². The minimum Gasteiger partial charge on any atom is -0.374 e. The van der Waals surface area contributed by atoms with Crippen molar-refractivity contribution >= 4 is 56.6 Å². The predicted molar refractivity (Wildman–Crippen MR) is 152 cm³/mol. The van der Waals surface area contributed by atoms with Crippen LogP contribution in [0.25, 0.3) is 0 Å². The second kappa shape index (κ2) is 13.1. The van der Waals surface area contributed by atoms with Gasteiger partial charge in [0.2, 0.25) is 27.7 Å².